The van der Waals surface area contributed by atoms with E-state index in [2.05, 4.69) is 10.3 Å². The van der Waals surface area contributed by atoms with Crippen LogP contribution in [0.25, 0.3) is 0 Å². The number of rotatable bonds is 5. The Labute approximate surface area is 109 Å². The average molecular weight is 270 g/mol. The van der Waals surface area contributed by atoms with Crippen molar-refractivity contribution in [3.8, 4) is 0 Å². The van der Waals surface area contributed by atoms with Gasteiger partial charge in [-0.1, -0.05) is 0 Å². The molecule has 2 heterocycles. The Balaban J connectivity index is 2.11. The fourth-order valence-corrected chi connectivity index (χ4v) is 1.98. The van der Waals surface area contributed by atoms with E-state index in [1.54, 1.807) is 12.3 Å². The molecule has 1 aromatic rings. The zero-order valence-electron chi connectivity index (χ0n) is 10.4. The highest BCUT2D eigenvalue weighted by molar-refractivity contribution is 5.31. The summed E-state index contributed by atoms with van der Waals surface area (Å²) in [5.74, 6) is 0.448. The lowest BCUT2D eigenvalue weighted by molar-refractivity contribution is -0.0458. The van der Waals surface area contributed by atoms with Gasteiger partial charge in [-0.3, -0.25) is 4.57 Å². The minimum Gasteiger partial charge on any atom is -0.394 e. The molecule has 1 aliphatic heterocycles. The van der Waals surface area contributed by atoms with Gasteiger partial charge in [-0.05, 0) is 6.07 Å². The van der Waals surface area contributed by atoms with Crippen molar-refractivity contribution in [2.24, 2.45) is 5.73 Å². The molecule has 8 nitrogen and oxygen atoms in total. The molecule has 0 aliphatic carbocycles. The standard InChI is InChI=1S/C11H18N4O4/c12-2-3-13-9-1-4-15(11(18)14-9)10-5-7(17)8(6-16)19-10/h1,4,7-8,10,16-17H,2-3,5-6,12H2,(H,13,14,18)/t7-,8+,10+/m0/s1. The predicted molar refractivity (Wildman–Crippen MR) is 67.7 cm³/mol. The van der Waals surface area contributed by atoms with Crippen molar-refractivity contribution in [1.29, 1.82) is 0 Å². The molecule has 19 heavy (non-hydrogen) atoms. The number of aliphatic hydroxyl groups is 2. The second-order valence-corrected chi connectivity index (χ2v) is 4.33. The summed E-state index contributed by atoms with van der Waals surface area (Å²) in [7, 11) is 0. The number of aromatic nitrogens is 2. The third kappa shape index (κ3) is 3.10. The molecule has 0 spiro atoms. The molecule has 8 heteroatoms. The largest absolute Gasteiger partial charge is 0.394 e. The van der Waals surface area contributed by atoms with Gasteiger partial charge >= 0.3 is 5.69 Å². The fraction of sp³-hybridized carbons (Fsp3) is 0.636. The first-order valence-electron chi connectivity index (χ1n) is 6.13. The highest BCUT2D eigenvalue weighted by Gasteiger charge is 2.34. The van der Waals surface area contributed by atoms with E-state index < -0.39 is 24.1 Å². The van der Waals surface area contributed by atoms with E-state index in [1.807, 2.05) is 0 Å². The molecule has 1 saturated heterocycles. The van der Waals surface area contributed by atoms with Crippen LogP contribution in [-0.2, 0) is 4.74 Å². The van der Waals surface area contributed by atoms with Crippen LogP contribution in [0.2, 0.25) is 0 Å². The van der Waals surface area contributed by atoms with Crippen molar-refractivity contribution in [3.05, 3.63) is 22.7 Å². The fourth-order valence-electron chi connectivity index (χ4n) is 1.98. The monoisotopic (exact) mass is 270 g/mol. The normalized spacial score (nSPS) is 26.6. The third-order valence-corrected chi connectivity index (χ3v) is 2.97. The molecule has 0 amide bonds. The van der Waals surface area contributed by atoms with Crippen LogP contribution >= 0.6 is 0 Å². The van der Waals surface area contributed by atoms with Gasteiger partial charge < -0.3 is 26.0 Å². The summed E-state index contributed by atoms with van der Waals surface area (Å²) >= 11 is 0. The summed E-state index contributed by atoms with van der Waals surface area (Å²) in [5.41, 5.74) is 4.87. The van der Waals surface area contributed by atoms with E-state index in [-0.39, 0.29) is 13.0 Å². The van der Waals surface area contributed by atoms with Gasteiger partial charge in [-0.15, -0.1) is 0 Å². The number of ether oxygens (including phenoxy) is 1. The quantitative estimate of drug-likeness (QED) is 0.500. The summed E-state index contributed by atoms with van der Waals surface area (Å²) in [5, 5.41) is 21.5. The molecule has 1 fully saturated rings. The van der Waals surface area contributed by atoms with Crippen molar-refractivity contribution in [2.75, 3.05) is 25.0 Å². The predicted octanol–water partition coefficient (Wildman–Crippen LogP) is -1.75. The van der Waals surface area contributed by atoms with Gasteiger partial charge in [0.15, 0.2) is 0 Å². The van der Waals surface area contributed by atoms with E-state index >= 15 is 0 Å². The summed E-state index contributed by atoms with van der Waals surface area (Å²) in [6.07, 6.45) is -0.243. The second-order valence-electron chi connectivity index (χ2n) is 4.33. The molecule has 106 valence electrons. The van der Waals surface area contributed by atoms with Crippen LogP contribution in [0.1, 0.15) is 12.6 Å². The van der Waals surface area contributed by atoms with E-state index in [1.165, 1.54) is 4.57 Å². The molecule has 5 N–H and O–H groups in total. The summed E-state index contributed by atoms with van der Waals surface area (Å²) in [4.78, 5) is 15.7. The Kier molecular flexibility index (Phi) is 4.48. The van der Waals surface area contributed by atoms with Crippen LogP contribution in [0, 0.1) is 0 Å². The van der Waals surface area contributed by atoms with E-state index in [0.717, 1.165) is 0 Å². The van der Waals surface area contributed by atoms with Gasteiger partial charge in [0.2, 0.25) is 0 Å². The minimum atomic E-state index is -0.781. The third-order valence-electron chi connectivity index (χ3n) is 2.97. The molecule has 1 aromatic heterocycles. The van der Waals surface area contributed by atoms with Crippen LogP contribution < -0.4 is 16.7 Å². The molecule has 1 aliphatic rings. The van der Waals surface area contributed by atoms with E-state index in [0.29, 0.717) is 18.9 Å². The Hall–Kier alpha value is -1.48. The van der Waals surface area contributed by atoms with Gasteiger partial charge in [0.05, 0.1) is 12.7 Å². The van der Waals surface area contributed by atoms with Gasteiger partial charge in [-0.2, -0.15) is 4.98 Å². The maximum atomic E-state index is 11.8. The Morgan fingerprint density at radius 1 is 1.63 bits per heavy atom. The van der Waals surface area contributed by atoms with Crippen LogP contribution in [0.5, 0.6) is 0 Å². The van der Waals surface area contributed by atoms with Gasteiger partial charge in [0, 0.05) is 25.7 Å². The summed E-state index contributed by atoms with van der Waals surface area (Å²) in [6.45, 7) is 0.693. The Morgan fingerprint density at radius 3 is 3.00 bits per heavy atom. The number of hydrogen-bond donors (Lipinski definition) is 4. The zero-order chi connectivity index (χ0) is 13.8. The maximum Gasteiger partial charge on any atom is 0.351 e. The molecule has 0 bridgehead atoms. The van der Waals surface area contributed by atoms with Crippen LogP contribution in [0.4, 0.5) is 5.82 Å². The lowest BCUT2D eigenvalue weighted by Gasteiger charge is -2.14. The van der Waals surface area contributed by atoms with Crippen LogP contribution in [0.15, 0.2) is 17.1 Å². The van der Waals surface area contributed by atoms with Crippen molar-refractivity contribution >= 4 is 5.82 Å². The van der Waals surface area contributed by atoms with Crippen LogP contribution in [0.3, 0.4) is 0 Å². The highest BCUT2D eigenvalue weighted by Crippen LogP contribution is 2.27. The first kappa shape index (κ1) is 13.9. The lowest BCUT2D eigenvalue weighted by atomic mass is 10.2. The molecule has 3 atom stereocenters. The molecule has 0 unspecified atom stereocenters. The topological polar surface area (TPSA) is 123 Å². The van der Waals surface area contributed by atoms with Gasteiger partial charge in [0.1, 0.15) is 18.1 Å². The van der Waals surface area contributed by atoms with Crippen molar-refractivity contribution in [3.63, 3.8) is 0 Å². The molecule has 0 aromatic carbocycles. The SMILES string of the molecule is NCCNc1ccn([C@H]2C[C@H](O)[C@@H](CO)O2)c(=O)n1. The second kappa shape index (κ2) is 6.11. The zero-order valence-corrected chi connectivity index (χ0v) is 10.4. The number of anilines is 1. The minimum absolute atomic E-state index is 0.252. The number of hydrogen-bond acceptors (Lipinski definition) is 7. The summed E-state index contributed by atoms with van der Waals surface area (Å²) < 4.78 is 6.69. The van der Waals surface area contributed by atoms with Crippen molar-refractivity contribution in [1.82, 2.24) is 9.55 Å². The van der Waals surface area contributed by atoms with Gasteiger partial charge in [-0.25, -0.2) is 4.79 Å². The van der Waals surface area contributed by atoms with Gasteiger partial charge in [0.25, 0.3) is 0 Å². The highest BCUT2D eigenvalue weighted by atomic mass is 16.5. The van der Waals surface area contributed by atoms with Crippen LogP contribution in [-0.4, -0.2) is 51.7 Å². The molecular formula is C11H18N4O4. The number of nitrogens with two attached hydrogens (primary N) is 1. The average Bonchev–Trinajstić information content (AvgIpc) is 2.77. The van der Waals surface area contributed by atoms with E-state index in [4.69, 9.17) is 15.6 Å². The van der Waals surface area contributed by atoms with Crippen molar-refractivity contribution < 1.29 is 14.9 Å². The van der Waals surface area contributed by atoms with E-state index in [9.17, 15) is 9.90 Å². The number of nitrogens with one attached hydrogen (secondary N) is 1. The Morgan fingerprint density at radius 2 is 2.42 bits per heavy atom. The smallest absolute Gasteiger partial charge is 0.351 e. The first-order valence-corrected chi connectivity index (χ1v) is 6.13. The number of aliphatic hydroxyl groups excluding tert-OH is 2. The summed E-state index contributed by atoms with van der Waals surface area (Å²) in [6, 6.07) is 1.64. The molecular weight excluding hydrogens is 252 g/mol. The lowest BCUT2D eigenvalue weighted by Crippen LogP contribution is -2.28. The first-order chi connectivity index (χ1) is 9.15. The van der Waals surface area contributed by atoms with Crippen molar-refractivity contribution in [2.45, 2.75) is 24.9 Å². The molecule has 0 radical (unpaired) electrons. The molecule has 2 rings (SSSR count). The molecule has 0 saturated carbocycles. The number of nitrogens with zero attached hydrogens (tertiary/aromatic N) is 2. The maximum absolute atomic E-state index is 11.8. The Bertz CT molecular complexity index is 478.